The number of pyridine rings is 1. The van der Waals surface area contributed by atoms with Crippen molar-refractivity contribution in [3.63, 3.8) is 0 Å². The van der Waals surface area contributed by atoms with Gasteiger partial charge in [-0.3, -0.25) is 4.79 Å². The molecule has 0 bridgehead atoms. The van der Waals surface area contributed by atoms with Gasteiger partial charge in [0.25, 0.3) is 0 Å². The number of amides is 1. The summed E-state index contributed by atoms with van der Waals surface area (Å²) in [6, 6.07) is 6.97. The number of fused-ring (bicyclic) bond motifs is 1. The molecule has 21 heavy (non-hydrogen) atoms. The third-order valence-corrected chi connectivity index (χ3v) is 3.75. The third-order valence-electron chi connectivity index (χ3n) is 3.75. The normalized spacial score (nSPS) is 17.9. The van der Waals surface area contributed by atoms with Crippen LogP contribution in [0.1, 0.15) is 34.9 Å². The van der Waals surface area contributed by atoms with E-state index in [0.717, 1.165) is 36.2 Å². The van der Waals surface area contributed by atoms with E-state index in [-0.39, 0.29) is 11.6 Å². The fourth-order valence-corrected chi connectivity index (χ4v) is 2.68. The number of benzene rings is 1. The molecule has 0 spiro atoms. The first-order valence-electron chi connectivity index (χ1n) is 6.82. The van der Waals surface area contributed by atoms with Crippen LogP contribution >= 0.6 is 0 Å². The fourth-order valence-electron chi connectivity index (χ4n) is 2.68. The van der Waals surface area contributed by atoms with Gasteiger partial charge in [-0.2, -0.15) is 0 Å². The molecule has 0 saturated carbocycles. The zero-order valence-corrected chi connectivity index (χ0v) is 11.6. The Bertz CT molecular complexity index is 709. The second-order valence-electron chi connectivity index (χ2n) is 5.03. The molecule has 1 unspecified atom stereocenters. The maximum absolute atomic E-state index is 11.4. The van der Waals surface area contributed by atoms with Crippen LogP contribution in [0.25, 0.3) is 10.9 Å². The van der Waals surface area contributed by atoms with Crippen molar-refractivity contribution < 1.29 is 9.53 Å². The summed E-state index contributed by atoms with van der Waals surface area (Å²) >= 11 is 0. The lowest BCUT2D eigenvalue weighted by Crippen LogP contribution is -2.15. The van der Waals surface area contributed by atoms with Crippen LogP contribution in [0.3, 0.4) is 0 Å². The summed E-state index contributed by atoms with van der Waals surface area (Å²) in [5.74, 6) is -0.0513. The summed E-state index contributed by atoms with van der Waals surface area (Å²) in [6.07, 6.45) is 2.10. The van der Waals surface area contributed by atoms with Crippen molar-refractivity contribution in [2.45, 2.75) is 18.9 Å². The van der Waals surface area contributed by atoms with E-state index in [0.29, 0.717) is 5.52 Å². The SMILES string of the molecule is COc1cc2ccc(C(=O)N=O)cc2nc1C1CCCN1. The molecule has 1 aliphatic rings. The Hall–Kier alpha value is -2.34. The first kappa shape index (κ1) is 13.6. The van der Waals surface area contributed by atoms with Gasteiger partial charge in [0, 0.05) is 16.1 Å². The monoisotopic (exact) mass is 285 g/mol. The van der Waals surface area contributed by atoms with E-state index in [1.807, 2.05) is 6.07 Å². The topological polar surface area (TPSA) is 80.7 Å². The number of ether oxygens (including phenoxy) is 1. The lowest BCUT2D eigenvalue weighted by molar-refractivity contribution is 0.100. The molecule has 2 aromatic rings. The Kier molecular flexibility index (Phi) is 3.62. The first-order valence-corrected chi connectivity index (χ1v) is 6.82. The zero-order chi connectivity index (χ0) is 14.8. The van der Waals surface area contributed by atoms with Gasteiger partial charge < -0.3 is 10.1 Å². The van der Waals surface area contributed by atoms with Gasteiger partial charge in [0.1, 0.15) is 5.75 Å². The van der Waals surface area contributed by atoms with Crippen LogP contribution < -0.4 is 10.1 Å². The highest BCUT2D eigenvalue weighted by molar-refractivity contribution is 5.98. The molecule has 6 nitrogen and oxygen atoms in total. The second kappa shape index (κ2) is 5.57. The van der Waals surface area contributed by atoms with Crippen LogP contribution in [0.5, 0.6) is 5.75 Å². The minimum atomic E-state index is -0.782. The van der Waals surface area contributed by atoms with Gasteiger partial charge in [0.05, 0.1) is 24.4 Å². The van der Waals surface area contributed by atoms with Crippen molar-refractivity contribution in [1.29, 1.82) is 0 Å². The van der Waals surface area contributed by atoms with E-state index < -0.39 is 5.91 Å². The van der Waals surface area contributed by atoms with Crippen molar-refractivity contribution in [2.75, 3.05) is 13.7 Å². The van der Waals surface area contributed by atoms with Crippen LogP contribution in [0.15, 0.2) is 29.4 Å². The number of hydrogen-bond donors (Lipinski definition) is 1. The molecule has 1 aliphatic heterocycles. The maximum atomic E-state index is 11.4. The van der Waals surface area contributed by atoms with Crippen LogP contribution in [0, 0.1) is 4.91 Å². The average molecular weight is 285 g/mol. The molecule has 1 saturated heterocycles. The number of carbonyl (C=O) groups excluding carboxylic acids is 1. The average Bonchev–Trinajstić information content (AvgIpc) is 3.06. The minimum Gasteiger partial charge on any atom is -0.495 e. The fraction of sp³-hybridized carbons (Fsp3) is 0.333. The van der Waals surface area contributed by atoms with E-state index in [1.54, 1.807) is 25.3 Å². The van der Waals surface area contributed by atoms with Gasteiger partial charge in [0.2, 0.25) is 0 Å². The molecule has 1 atom stereocenters. The summed E-state index contributed by atoms with van der Waals surface area (Å²) in [5.41, 5.74) is 1.75. The molecule has 2 heterocycles. The molecule has 0 aliphatic carbocycles. The molecule has 0 radical (unpaired) electrons. The lowest BCUT2D eigenvalue weighted by Gasteiger charge is -2.15. The van der Waals surface area contributed by atoms with Crippen molar-refractivity contribution in [3.05, 3.63) is 40.4 Å². The Morgan fingerprint density at radius 3 is 2.95 bits per heavy atom. The molecule has 3 rings (SSSR count). The summed E-state index contributed by atoms with van der Waals surface area (Å²) in [6.45, 7) is 0.959. The Labute approximate surface area is 121 Å². The molecular formula is C15H15N3O3. The van der Waals surface area contributed by atoms with Crippen molar-refractivity contribution in [3.8, 4) is 5.75 Å². The maximum Gasteiger partial charge on any atom is 0.316 e. The first-order chi connectivity index (χ1) is 10.2. The summed E-state index contributed by atoms with van der Waals surface area (Å²) in [4.78, 5) is 26.4. The van der Waals surface area contributed by atoms with Crippen molar-refractivity contribution >= 4 is 16.8 Å². The predicted molar refractivity (Wildman–Crippen MR) is 78.4 cm³/mol. The zero-order valence-electron chi connectivity index (χ0n) is 11.6. The number of carbonyl (C=O) groups is 1. The van der Waals surface area contributed by atoms with E-state index in [9.17, 15) is 9.70 Å². The van der Waals surface area contributed by atoms with Gasteiger partial charge in [-0.05, 0) is 37.6 Å². The molecule has 1 amide bonds. The molecule has 1 fully saturated rings. The summed E-state index contributed by atoms with van der Waals surface area (Å²) < 4.78 is 5.43. The van der Waals surface area contributed by atoms with E-state index in [4.69, 9.17) is 4.74 Å². The largest absolute Gasteiger partial charge is 0.495 e. The van der Waals surface area contributed by atoms with Gasteiger partial charge in [-0.15, -0.1) is 4.91 Å². The third kappa shape index (κ3) is 2.50. The molecule has 1 N–H and O–H groups in total. The molecule has 108 valence electrons. The quantitative estimate of drug-likeness (QED) is 0.877. The van der Waals surface area contributed by atoms with Crippen molar-refractivity contribution in [2.24, 2.45) is 5.18 Å². The molecular weight excluding hydrogens is 270 g/mol. The summed E-state index contributed by atoms with van der Waals surface area (Å²) in [7, 11) is 1.62. The highest BCUT2D eigenvalue weighted by Gasteiger charge is 2.22. The Balaban J connectivity index is 2.12. The number of methoxy groups -OCH3 is 1. The van der Waals surface area contributed by atoms with Crippen LogP contribution in [0.4, 0.5) is 0 Å². The van der Waals surface area contributed by atoms with Gasteiger partial charge in [-0.1, -0.05) is 6.07 Å². The number of aromatic nitrogens is 1. The van der Waals surface area contributed by atoms with Gasteiger partial charge >= 0.3 is 5.91 Å². The standard InChI is InChI=1S/C15H15N3O3/c1-21-13-8-9-4-5-10(15(19)18-20)7-12(9)17-14(13)11-3-2-6-16-11/h4-5,7-8,11,16H,2-3,6H2,1H3. The Morgan fingerprint density at radius 2 is 2.29 bits per heavy atom. The highest BCUT2D eigenvalue weighted by atomic mass is 16.5. The van der Waals surface area contributed by atoms with E-state index >= 15 is 0 Å². The van der Waals surface area contributed by atoms with Crippen molar-refractivity contribution in [1.82, 2.24) is 10.3 Å². The Morgan fingerprint density at radius 1 is 1.43 bits per heavy atom. The van der Waals surface area contributed by atoms with Crippen LogP contribution in [-0.2, 0) is 0 Å². The summed E-state index contributed by atoms with van der Waals surface area (Å²) in [5, 5.41) is 6.69. The van der Waals surface area contributed by atoms with Crippen LogP contribution in [-0.4, -0.2) is 24.5 Å². The number of nitroso groups, excluding NO2 is 1. The second-order valence-corrected chi connectivity index (χ2v) is 5.03. The number of nitrogens with one attached hydrogen (secondary N) is 1. The number of hydrogen-bond acceptors (Lipinski definition) is 5. The van der Waals surface area contributed by atoms with Gasteiger partial charge in [-0.25, -0.2) is 4.98 Å². The van der Waals surface area contributed by atoms with Gasteiger partial charge in [0.15, 0.2) is 0 Å². The smallest absolute Gasteiger partial charge is 0.316 e. The predicted octanol–water partition coefficient (Wildman–Crippen LogP) is 2.57. The number of rotatable bonds is 3. The lowest BCUT2D eigenvalue weighted by atomic mass is 10.1. The minimum absolute atomic E-state index is 0.160. The van der Waals surface area contributed by atoms with E-state index in [2.05, 4.69) is 15.5 Å². The highest BCUT2D eigenvalue weighted by Crippen LogP contribution is 2.32. The number of nitrogens with zero attached hydrogens (tertiary/aromatic N) is 2. The molecule has 1 aromatic carbocycles. The van der Waals surface area contributed by atoms with Crippen LogP contribution in [0.2, 0.25) is 0 Å². The van der Waals surface area contributed by atoms with E-state index in [1.165, 1.54) is 0 Å². The molecule has 6 heteroatoms. The molecule has 1 aromatic heterocycles.